The van der Waals surface area contributed by atoms with Gasteiger partial charge in [0.05, 0.1) is 18.0 Å². The Hall–Kier alpha value is -1.91. The van der Waals surface area contributed by atoms with Crippen molar-refractivity contribution in [2.24, 2.45) is 5.92 Å². The summed E-state index contributed by atoms with van der Waals surface area (Å²) in [4.78, 5) is 21.1. The maximum Gasteiger partial charge on any atom is 0.308 e. The third kappa shape index (κ3) is 3.05. The molecule has 0 aromatic heterocycles. The van der Waals surface area contributed by atoms with E-state index >= 15 is 0 Å². The first kappa shape index (κ1) is 12.2. The molecule has 16 heavy (non-hydrogen) atoms. The van der Waals surface area contributed by atoms with Gasteiger partial charge in [0.2, 0.25) is 0 Å². The van der Waals surface area contributed by atoms with E-state index in [0.29, 0.717) is 6.42 Å². The number of ether oxygens (including phenoxy) is 1. The van der Waals surface area contributed by atoms with Gasteiger partial charge in [-0.25, -0.2) is 0 Å². The number of hydrogen-bond acceptors (Lipinski definition) is 4. The van der Waals surface area contributed by atoms with Crippen molar-refractivity contribution in [1.82, 2.24) is 0 Å². The number of carbonyl (C=O) groups is 1. The van der Waals surface area contributed by atoms with Crippen molar-refractivity contribution in [2.45, 2.75) is 13.3 Å². The van der Waals surface area contributed by atoms with Crippen LogP contribution in [0.5, 0.6) is 0 Å². The van der Waals surface area contributed by atoms with Crippen molar-refractivity contribution in [3.63, 3.8) is 0 Å². The Balaban J connectivity index is 2.68. The minimum Gasteiger partial charge on any atom is -0.469 e. The minimum atomic E-state index is -0.451. The van der Waals surface area contributed by atoms with E-state index in [1.165, 1.54) is 19.2 Å². The Morgan fingerprint density at radius 3 is 2.44 bits per heavy atom. The molecule has 0 unspecified atom stereocenters. The van der Waals surface area contributed by atoms with Gasteiger partial charge in [-0.3, -0.25) is 14.9 Å². The summed E-state index contributed by atoms with van der Waals surface area (Å²) >= 11 is 0. The Labute approximate surface area is 93.2 Å². The highest BCUT2D eigenvalue weighted by atomic mass is 16.6. The van der Waals surface area contributed by atoms with E-state index in [9.17, 15) is 14.9 Å². The Bertz CT molecular complexity index is 385. The van der Waals surface area contributed by atoms with Gasteiger partial charge in [0.15, 0.2) is 0 Å². The largest absolute Gasteiger partial charge is 0.469 e. The molecule has 86 valence electrons. The van der Waals surface area contributed by atoms with Gasteiger partial charge in [-0.05, 0) is 12.0 Å². The molecule has 1 rings (SSSR count). The zero-order valence-corrected chi connectivity index (χ0v) is 9.17. The maximum atomic E-state index is 11.2. The average molecular weight is 223 g/mol. The summed E-state index contributed by atoms with van der Waals surface area (Å²) in [6, 6.07) is 6.16. The van der Waals surface area contributed by atoms with Crippen LogP contribution in [0.3, 0.4) is 0 Å². The zero-order chi connectivity index (χ0) is 12.1. The standard InChI is InChI=1S/C11H13NO4/c1-8(11(13)16-2)7-9-3-5-10(6-4-9)12(14)15/h3-6,8H,7H2,1-2H3/t8-/m0/s1. The van der Waals surface area contributed by atoms with Crippen molar-refractivity contribution >= 4 is 11.7 Å². The third-order valence-electron chi connectivity index (χ3n) is 2.29. The Morgan fingerprint density at radius 1 is 1.44 bits per heavy atom. The number of hydrogen-bond donors (Lipinski definition) is 0. The predicted octanol–water partition coefficient (Wildman–Crippen LogP) is 1.95. The number of nitrogens with zero attached hydrogens (tertiary/aromatic N) is 1. The molecule has 0 aliphatic carbocycles. The van der Waals surface area contributed by atoms with Crippen LogP contribution in [0, 0.1) is 16.0 Å². The molecular weight excluding hydrogens is 210 g/mol. The van der Waals surface area contributed by atoms with Gasteiger partial charge in [0, 0.05) is 12.1 Å². The molecule has 0 saturated heterocycles. The molecule has 0 N–H and O–H groups in total. The molecular formula is C11H13NO4. The third-order valence-corrected chi connectivity index (χ3v) is 2.29. The molecule has 0 heterocycles. The van der Waals surface area contributed by atoms with Gasteiger partial charge >= 0.3 is 5.97 Å². The molecule has 0 bridgehead atoms. The number of esters is 1. The van der Waals surface area contributed by atoms with E-state index in [4.69, 9.17) is 0 Å². The normalized spacial score (nSPS) is 11.9. The van der Waals surface area contributed by atoms with E-state index in [0.717, 1.165) is 5.56 Å². The molecule has 0 aliphatic rings. The molecule has 5 heteroatoms. The zero-order valence-electron chi connectivity index (χ0n) is 9.17. The topological polar surface area (TPSA) is 69.4 Å². The monoisotopic (exact) mass is 223 g/mol. The number of nitro benzene ring substituents is 1. The number of benzene rings is 1. The van der Waals surface area contributed by atoms with Gasteiger partial charge in [-0.2, -0.15) is 0 Å². The summed E-state index contributed by atoms with van der Waals surface area (Å²) in [5.41, 5.74) is 0.929. The van der Waals surface area contributed by atoms with Gasteiger partial charge in [0.25, 0.3) is 5.69 Å². The molecule has 0 aliphatic heterocycles. The summed E-state index contributed by atoms with van der Waals surface area (Å²) in [6.45, 7) is 1.76. The van der Waals surface area contributed by atoms with Crippen LogP contribution < -0.4 is 0 Å². The van der Waals surface area contributed by atoms with Crippen LogP contribution in [0.1, 0.15) is 12.5 Å². The van der Waals surface area contributed by atoms with E-state index in [2.05, 4.69) is 4.74 Å². The molecule has 5 nitrogen and oxygen atoms in total. The second-order valence-corrected chi connectivity index (χ2v) is 3.55. The van der Waals surface area contributed by atoms with E-state index in [-0.39, 0.29) is 17.6 Å². The molecule has 0 amide bonds. The van der Waals surface area contributed by atoms with Crippen molar-refractivity contribution in [2.75, 3.05) is 7.11 Å². The van der Waals surface area contributed by atoms with Crippen molar-refractivity contribution in [3.8, 4) is 0 Å². The quantitative estimate of drug-likeness (QED) is 0.444. The second-order valence-electron chi connectivity index (χ2n) is 3.55. The summed E-state index contributed by atoms with van der Waals surface area (Å²) < 4.78 is 4.60. The van der Waals surface area contributed by atoms with Crippen molar-refractivity contribution in [3.05, 3.63) is 39.9 Å². The second kappa shape index (κ2) is 5.25. The summed E-state index contributed by atoms with van der Waals surface area (Å²) in [7, 11) is 1.34. The molecule has 1 aromatic rings. The lowest BCUT2D eigenvalue weighted by Crippen LogP contribution is -2.15. The number of rotatable bonds is 4. The van der Waals surface area contributed by atoms with Gasteiger partial charge < -0.3 is 4.74 Å². The van der Waals surface area contributed by atoms with Crippen LogP contribution in [-0.2, 0) is 16.0 Å². The molecule has 0 radical (unpaired) electrons. The predicted molar refractivity (Wildman–Crippen MR) is 58.0 cm³/mol. The van der Waals surface area contributed by atoms with Crippen LogP contribution in [-0.4, -0.2) is 18.0 Å². The lowest BCUT2D eigenvalue weighted by molar-refractivity contribution is -0.384. The van der Waals surface area contributed by atoms with Crippen molar-refractivity contribution < 1.29 is 14.5 Å². The smallest absolute Gasteiger partial charge is 0.308 e. The number of non-ortho nitro benzene ring substituents is 1. The lowest BCUT2D eigenvalue weighted by Gasteiger charge is -2.08. The Morgan fingerprint density at radius 2 is 2.00 bits per heavy atom. The van der Waals surface area contributed by atoms with Crippen molar-refractivity contribution in [1.29, 1.82) is 0 Å². The Kier molecular flexibility index (Phi) is 3.99. The van der Waals surface area contributed by atoms with Crippen LogP contribution in [0.2, 0.25) is 0 Å². The van der Waals surface area contributed by atoms with Crippen LogP contribution >= 0.6 is 0 Å². The van der Waals surface area contributed by atoms with Crippen LogP contribution in [0.15, 0.2) is 24.3 Å². The van der Waals surface area contributed by atoms with Gasteiger partial charge in [0.1, 0.15) is 0 Å². The van der Waals surface area contributed by atoms with E-state index in [1.54, 1.807) is 19.1 Å². The van der Waals surface area contributed by atoms with Gasteiger partial charge in [-0.15, -0.1) is 0 Å². The first-order chi connectivity index (χ1) is 7.54. The van der Waals surface area contributed by atoms with Crippen LogP contribution in [0.4, 0.5) is 5.69 Å². The molecule has 0 saturated carbocycles. The first-order valence-corrected chi connectivity index (χ1v) is 4.85. The SMILES string of the molecule is COC(=O)[C@@H](C)Cc1ccc([N+](=O)[O-])cc1. The van der Waals surface area contributed by atoms with E-state index < -0.39 is 4.92 Å². The fraction of sp³-hybridized carbons (Fsp3) is 0.364. The average Bonchev–Trinajstić information content (AvgIpc) is 2.28. The van der Waals surface area contributed by atoms with Crippen LogP contribution in [0.25, 0.3) is 0 Å². The number of nitro groups is 1. The highest BCUT2D eigenvalue weighted by Crippen LogP contribution is 2.15. The summed E-state index contributed by atoms with van der Waals surface area (Å²) in [5.74, 6) is -0.523. The highest BCUT2D eigenvalue weighted by molar-refractivity contribution is 5.72. The highest BCUT2D eigenvalue weighted by Gasteiger charge is 2.14. The number of carbonyl (C=O) groups excluding carboxylic acids is 1. The molecule has 1 atom stereocenters. The summed E-state index contributed by atoms with van der Waals surface area (Å²) in [6.07, 6.45) is 0.519. The summed E-state index contributed by atoms with van der Waals surface area (Å²) in [5, 5.41) is 10.4. The molecule has 0 spiro atoms. The maximum absolute atomic E-state index is 11.2. The molecule has 1 aromatic carbocycles. The molecule has 0 fully saturated rings. The lowest BCUT2D eigenvalue weighted by atomic mass is 10.0. The number of methoxy groups -OCH3 is 1. The fourth-order valence-corrected chi connectivity index (χ4v) is 1.39. The fourth-order valence-electron chi connectivity index (χ4n) is 1.39. The first-order valence-electron chi connectivity index (χ1n) is 4.85. The minimum absolute atomic E-state index is 0.0504. The van der Waals surface area contributed by atoms with Gasteiger partial charge in [-0.1, -0.05) is 19.1 Å². The van der Waals surface area contributed by atoms with E-state index in [1.807, 2.05) is 0 Å².